The van der Waals surface area contributed by atoms with Crippen molar-refractivity contribution in [3.63, 3.8) is 0 Å². The van der Waals surface area contributed by atoms with Crippen LogP contribution in [0.1, 0.15) is 27.0 Å². The van der Waals surface area contributed by atoms with Crippen LogP contribution in [0.5, 0.6) is 5.75 Å². The highest BCUT2D eigenvalue weighted by molar-refractivity contribution is 5.95. The Morgan fingerprint density at radius 1 is 1.10 bits per heavy atom. The molecule has 0 aliphatic rings. The van der Waals surface area contributed by atoms with Gasteiger partial charge in [-0.1, -0.05) is 29.8 Å². The highest BCUT2D eigenvalue weighted by atomic mass is 16.5. The summed E-state index contributed by atoms with van der Waals surface area (Å²) in [5, 5.41) is 0. The van der Waals surface area contributed by atoms with Crippen molar-refractivity contribution in [2.24, 2.45) is 0 Å². The quantitative estimate of drug-likeness (QED) is 0.858. The van der Waals surface area contributed by atoms with Crippen molar-refractivity contribution in [2.45, 2.75) is 20.4 Å². The average molecular weight is 283 g/mol. The van der Waals surface area contributed by atoms with Crippen molar-refractivity contribution >= 4 is 5.91 Å². The Kier molecular flexibility index (Phi) is 4.63. The summed E-state index contributed by atoms with van der Waals surface area (Å²) in [6, 6.07) is 13.7. The third-order valence-corrected chi connectivity index (χ3v) is 3.54. The molecule has 3 heteroatoms. The first-order valence-corrected chi connectivity index (χ1v) is 6.97. The van der Waals surface area contributed by atoms with E-state index in [1.165, 1.54) is 5.56 Å². The summed E-state index contributed by atoms with van der Waals surface area (Å²) < 4.78 is 5.14. The molecule has 3 nitrogen and oxygen atoms in total. The number of benzene rings is 2. The van der Waals surface area contributed by atoms with E-state index in [1.807, 2.05) is 63.4 Å². The number of ether oxygens (including phenoxy) is 1. The van der Waals surface area contributed by atoms with Crippen LogP contribution in [0.25, 0.3) is 0 Å². The number of amides is 1. The van der Waals surface area contributed by atoms with Crippen LogP contribution in [0.4, 0.5) is 0 Å². The normalized spacial score (nSPS) is 10.3. The number of methoxy groups -OCH3 is 1. The standard InChI is InChI=1S/C18H21NO2/c1-13-5-10-17(14(2)11-13)18(20)19(3)12-15-6-8-16(21-4)9-7-15/h5-11H,12H2,1-4H3. The zero-order valence-electron chi connectivity index (χ0n) is 13.0. The molecule has 0 aliphatic carbocycles. The number of nitrogens with zero attached hydrogens (tertiary/aromatic N) is 1. The van der Waals surface area contributed by atoms with Crippen molar-refractivity contribution in [2.75, 3.05) is 14.2 Å². The highest BCUT2D eigenvalue weighted by Gasteiger charge is 2.14. The smallest absolute Gasteiger partial charge is 0.254 e. The molecule has 110 valence electrons. The number of rotatable bonds is 4. The Hall–Kier alpha value is -2.29. The van der Waals surface area contributed by atoms with E-state index in [4.69, 9.17) is 4.74 Å². The molecule has 0 spiro atoms. The lowest BCUT2D eigenvalue weighted by molar-refractivity contribution is 0.0784. The van der Waals surface area contributed by atoms with Crippen LogP contribution in [0.2, 0.25) is 0 Å². The molecule has 0 aromatic heterocycles. The third-order valence-electron chi connectivity index (χ3n) is 3.54. The van der Waals surface area contributed by atoms with Crippen LogP contribution in [-0.2, 0) is 6.54 Å². The number of carbonyl (C=O) groups excluding carboxylic acids is 1. The average Bonchev–Trinajstić information content (AvgIpc) is 2.47. The summed E-state index contributed by atoms with van der Waals surface area (Å²) in [7, 11) is 3.47. The first-order chi connectivity index (χ1) is 10.0. The lowest BCUT2D eigenvalue weighted by atomic mass is 10.0. The Labute approximate surface area is 126 Å². The summed E-state index contributed by atoms with van der Waals surface area (Å²) in [6.07, 6.45) is 0. The van der Waals surface area contributed by atoms with Gasteiger partial charge in [-0.3, -0.25) is 4.79 Å². The Morgan fingerprint density at radius 3 is 2.33 bits per heavy atom. The Bertz CT molecular complexity index is 632. The molecule has 2 aromatic rings. The van der Waals surface area contributed by atoms with Gasteiger partial charge in [0.05, 0.1) is 7.11 Å². The van der Waals surface area contributed by atoms with Crippen LogP contribution in [0.3, 0.4) is 0 Å². The van der Waals surface area contributed by atoms with E-state index < -0.39 is 0 Å². The van der Waals surface area contributed by atoms with Crippen LogP contribution in [-0.4, -0.2) is 25.0 Å². The molecule has 0 heterocycles. The van der Waals surface area contributed by atoms with Gasteiger partial charge in [0, 0.05) is 19.2 Å². The molecule has 0 fully saturated rings. The van der Waals surface area contributed by atoms with E-state index in [0.717, 1.165) is 22.4 Å². The van der Waals surface area contributed by atoms with Gasteiger partial charge in [0.1, 0.15) is 5.75 Å². The van der Waals surface area contributed by atoms with Gasteiger partial charge in [-0.05, 0) is 43.2 Å². The molecule has 0 aliphatic heterocycles. The molecular formula is C18H21NO2. The van der Waals surface area contributed by atoms with Crippen molar-refractivity contribution in [1.82, 2.24) is 4.90 Å². The van der Waals surface area contributed by atoms with E-state index in [9.17, 15) is 4.79 Å². The van der Waals surface area contributed by atoms with Gasteiger partial charge in [-0.15, -0.1) is 0 Å². The predicted octanol–water partition coefficient (Wildman–Crippen LogP) is 3.58. The molecule has 0 radical (unpaired) electrons. The fourth-order valence-corrected chi connectivity index (χ4v) is 2.34. The number of carbonyl (C=O) groups is 1. The molecule has 0 N–H and O–H groups in total. The monoisotopic (exact) mass is 283 g/mol. The SMILES string of the molecule is COc1ccc(CN(C)C(=O)c2ccc(C)cc2C)cc1. The second kappa shape index (κ2) is 6.44. The number of hydrogen-bond acceptors (Lipinski definition) is 2. The summed E-state index contributed by atoms with van der Waals surface area (Å²) in [4.78, 5) is 14.2. The molecular weight excluding hydrogens is 262 g/mol. The molecule has 21 heavy (non-hydrogen) atoms. The number of hydrogen-bond donors (Lipinski definition) is 0. The second-order valence-corrected chi connectivity index (χ2v) is 5.33. The lowest BCUT2D eigenvalue weighted by Crippen LogP contribution is -2.26. The molecule has 0 unspecified atom stereocenters. The largest absolute Gasteiger partial charge is 0.497 e. The van der Waals surface area contributed by atoms with Crippen molar-refractivity contribution < 1.29 is 9.53 Å². The van der Waals surface area contributed by atoms with E-state index in [0.29, 0.717) is 6.54 Å². The van der Waals surface area contributed by atoms with Crippen molar-refractivity contribution in [3.8, 4) is 5.75 Å². The van der Waals surface area contributed by atoms with E-state index in [2.05, 4.69) is 0 Å². The van der Waals surface area contributed by atoms with Crippen LogP contribution in [0.15, 0.2) is 42.5 Å². The summed E-state index contributed by atoms with van der Waals surface area (Å²) in [5.74, 6) is 0.866. The minimum Gasteiger partial charge on any atom is -0.497 e. The topological polar surface area (TPSA) is 29.5 Å². The maximum atomic E-state index is 12.5. The van der Waals surface area contributed by atoms with Crippen LogP contribution < -0.4 is 4.74 Å². The van der Waals surface area contributed by atoms with Gasteiger partial charge in [-0.2, -0.15) is 0 Å². The molecule has 2 aromatic carbocycles. The van der Waals surface area contributed by atoms with Gasteiger partial charge >= 0.3 is 0 Å². The minimum absolute atomic E-state index is 0.0447. The van der Waals surface area contributed by atoms with E-state index in [-0.39, 0.29) is 5.91 Å². The summed E-state index contributed by atoms with van der Waals surface area (Å²) in [5.41, 5.74) is 4.02. The van der Waals surface area contributed by atoms with E-state index >= 15 is 0 Å². The minimum atomic E-state index is 0.0447. The molecule has 1 amide bonds. The van der Waals surface area contributed by atoms with Gasteiger partial charge in [0.15, 0.2) is 0 Å². The van der Waals surface area contributed by atoms with Gasteiger partial charge in [0.2, 0.25) is 0 Å². The number of aryl methyl sites for hydroxylation is 2. The first kappa shape index (κ1) is 15.1. The highest BCUT2D eigenvalue weighted by Crippen LogP contribution is 2.16. The van der Waals surface area contributed by atoms with Crippen LogP contribution >= 0.6 is 0 Å². The van der Waals surface area contributed by atoms with Gasteiger partial charge < -0.3 is 9.64 Å². The van der Waals surface area contributed by atoms with Crippen molar-refractivity contribution in [3.05, 3.63) is 64.7 Å². The fourth-order valence-electron chi connectivity index (χ4n) is 2.34. The zero-order chi connectivity index (χ0) is 15.4. The third kappa shape index (κ3) is 3.63. The summed E-state index contributed by atoms with van der Waals surface area (Å²) >= 11 is 0. The molecule has 0 bridgehead atoms. The molecule has 2 rings (SSSR count). The Balaban J connectivity index is 2.11. The van der Waals surface area contributed by atoms with E-state index in [1.54, 1.807) is 12.0 Å². The van der Waals surface area contributed by atoms with Gasteiger partial charge in [0.25, 0.3) is 5.91 Å². The first-order valence-electron chi connectivity index (χ1n) is 6.97. The second-order valence-electron chi connectivity index (χ2n) is 5.33. The van der Waals surface area contributed by atoms with Crippen LogP contribution in [0, 0.1) is 13.8 Å². The molecule has 0 saturated carbocycles. The lowest BCUT2D eigenvalue weighted by Gasteiger charge is -2.19. The van der Waals surface area contributed by atoms with Crippen molar-refractivity contribution in [1.29, 1.82) is 0 Å². The molecule has 0 atom stereocenters. The molecule has 0 saturated heterocycles. The Morgan fingerprint density at radius 2 is 1.76 bits per heavy atom. The maximum Gasteiger partial charge on any atom is 0.254 e. The predicted molar refractivity (Wildman–Crippen MR) is 84.7 cm³/mol. The zero-order valence-corrected chi connectivity index (χ0v) is 13.0. The van der Waals surface area contributed by atoms with Gasteiger partial charge in [-0.25, -0.2) is 0 Å². The maximum absolute atomic E-state index is 12.5. The summed E-state index contributed by atoms with van der Waals surface area (Å²) in [6.45, 7) is 4.58. The fraction of sp³-hybridized carbons (Fsp3) is 0.278.